The molecule has 128 valence electrons. The van der Waals surface area contributed by atoms with Gasteiger partial charge in [-0.2, -0.15) is 0 Å². The SMILES string of the molecule is COc1ccc(-c2sc3cc(Cl)ccc3c2Br)c2[nH]c3ccccc3c12. The number of benzene rings is 3. The lowest BCUT2D eigenvalue weighted by molar-refractivity contribution is 0.420. The van der Waals surface area contributed by atoms with Gasteiger partial charge in [0.15, 0.2) is 0 Å². The molecule has 5 rings (SSSR count). The molecule has 0 radical (unpaired) electrons. The van der Waals surface area contributed by atoms with Gasteiger partial charge in [-0.25, -0.2) is 0 Å². The molecule has 0 saturated carbocycles. The molecule has 3 aromatic carbocycles. The minimum absolute atomic E-state index is 0.753. The molecule has 0 unspecified atom stereocenters. The number of aromatic nitrogens is 1. The van der Waals surface area contributed by atoms with Gasteiger partial charge in [-0.05, 0) is 46.3 Å². The van der Waals surface area contributed by atoms with E-state index < -0.39 is 0 Å². The van der Waals surface area contributed by atoms with Gasteiger partial charge in [-0.3, -0.25) is 0 Å². The second-order valence-corrected chi connectivity index (χ2v) is 8.40. The van der Waals surface area contributed by atoms with Gasteiger partial charge in [-0.15, -0.1) is 11.3 Å². The van der Waals surface area contributed by atoms with Gasteiger partial charge < -0.3 is 9.72 Å². The smallest absolute Gasteiger partial charge is 0.128 e. The van der Waals surface area contributed by atoms with Crippen molar-refractivity contribution in [3.63, 3.8) is 0 Å². The highest BCUT2D eigenvalue weighted by molar-refractivity contribution is 9.10. The lowest BCUT2D eigenvalue weighted by Gasteiger charge is -2.07. The molecular formula is C21H13BrClNOS. The number of halogens is 2. The molecule has 0 atom stereocenters. The van der Waals surface area contributed by atoms with Crippen molar-refractivity contribution in [2.75, 3.05) is 7.11 Å². The summed E-state index contributed by atoms with van der Waals surface area (Å²) < 4.78 is 7.91. The molecule has 5 heteroatoms. The number of fused-ring (bicyclic) bond motifs is 4. The molecule has 2 heterocycles. The number of rotatable bonds is 2. The Hall–Kier alpha value is -2.01. The summed E-state index contributed by atoms with van der Waals surface area (Å²) in [6.07, 6.45) is 0. The van der Waals surface area contributed by atoms with E-state index in [4.69, 9.17) is 16.3 Å². The molecule has 0 fully saturated rings. The van der Waals surface area contributed by atoms with Crippen LogP contribution in [-0.4, -0.2) is 12.1 Å². The predicted octanol–water partition coefficient (Wildman–Crippen LogP) is 7.63. The summed E-state index contributed by atoms with van der Waals surface area (Å²) in [6.45, 7) is 0. The summed E-state index contributed by atoms with van der Waals surface area (Å²) in [5, 5.41) is 4.21. The third-order valence-electron chi connectivity index (χ3n) is 4.68. The highest BCUT2D eigenvalue weighted by Crippen LogP contribution is 2.47. The summed E-state index contributed by atoms with van der Waals surface area (Å²) in [5.41, 5.74) is 3.35. The maximum Gasteiger partial charge on any atom is 0.128 e. The standard InChI is InChI=1S/C21H13BrClNOS/c1-25-16-9-8-14(20-18(16)12-4-2-3-5-15(12)24-20)21-19(22)13-7-6-11(23)10-17(13)26-21/h2-10,24H,1H3. The van der Waals surface area contributed by atoms with E-state index in [1.54, 1.807) is 18.4 Å². The van der Waals surface area contributed by atoms with Crippen LogP contribution in [0, 0.1) is 0 Å². The maximum absolute atomic E-state index is 6.18. The zero-order chi connectivity index (χ0) is 17.8. The molecule has 2 aromatic heterocycles. The zero-order valence-electron chi connectivity index (χ0n) is 13.8. The highest BCUT2D eigenvalue weighted by Gasteiger charge is 2.18. The second kappa shape index (κ2) is 6.02. The van der Waals surface area contributed by atoms with Crippen LogP contribution >= 0.6 is 38.9 Å². The first kappa shape index (κ1) is 16.2. The summed E-state index contributed by atoms with van der Waals surface area (Å²) >= 11 is 11.7. The minimum Gasteiger partial charge on any atom is -0.496 e. The van der Waals surface area contributed by atoms with Crippen LogP contribution in [0.15, 0.2) is 59.1 Å². The Bertz CT molecular complexity index is 1300. The van der Waals surface area contributed by atoms with Crippen molar-refractivity contribution in [1.82, 2.24) is 4.98 Å². The fraction of sp³-hybridized carbons (Fsp3) is 0.0476. The number of nitrogens with one attached hydrogen (secondary N) is 1. The van der Waals surface area contributed by atoms with E-state index in [9.17, 15) is 0 Å². The van der Waals surface area contributed by atoms with Crippen molar-refractivity contribution in [2.45, 2.75) is 0 Å². The van der Waals surface area contributed by atoms with Crippen LogP contribution in [0.4, 0.5) is 0 Å². The molecule has 0 spiro atoms. The number of methoxy groups -OCH3 is 1. The lowest BCUT2D eigenvalue weighted by atomic mass is 10.1. The Morgan fingerprint density at radius 1 is 1.04 bits per heavy atom. The van der Waals surface area contributed by atoms with E-state index in [2.05, 4.69) is 51.2 Å². The van der Waals surface area contributed by atoms with E-state index in [0.717, 1.165) is 37.2 Å². The van der Waals surface area contributed by atoms with Gasteiger partial charge >= 0.3 is 0 Å². The van der Waals surface area contributed by atoms with Gasteiger partial charge in [0.05, 0.1) is 22.9 Å². The van der Waals surface area contributed by atoms with E-state index in [1.807, 2.05) is 24.3 Å². The van der Waals surface area contributed by atoms with Gasteiger partial charge in [0, 0.05) is 36.0 Å². The number of ether oxygens (including phenoxy) is 1. The molecule has 5 aromatic rings. The van der Waals surface area contributed by atoms with Gasteiger partial charge in [0.25, 0.3) is 0 Å². The number of H-pyrrole nitrogens is 1. The van der Waals surface area contributed by atoms with E-state index in [0.29, 0.717) is 0 Å². The van der Waals surface area contributed by atoms with Crippen molar-refractivity contribution in [2.24, 2.45) is 0 Å². The van der Waals surface area contributed by atoms with Crippen LogP contribution in [0.5, 0.6) is 5.75 Å². The number of hydrogen-bond acceptors (Lipinski definition) is 2. The summed E-state index contributed by atoms with van der Waals surface area (Å²) in [7, 11) is 1.72. The molecule has 0 saturated heterocycles. The Morgan fingerprint density at radius 2 is 1.88 bits per heavy atom. The van der Waals surface area contributed by atoms with Crippen LogP contribution in [0.25, 0.3) is 42.3 Å². The van der Waals surface area contributed by atoms with E-state index in [-0.39, 0.29) is 0 Å². The molecule has 26 heavy (non-hydrogen) atoms. The van der Waals surface area contributed by atoms with Crippen LogP contribution in [-0.2, 0) is 0 Å². The molecule has 0 aliphatic rings. The average Bonchev–Trinajstić information content (AvgIpc) is 3.19. The third kappa shape index (κ3) is 2.29. The van der Waals surface area contributed by atoms with Crippen LogP contribution in [0.1, 0.15) is 0 Å². The van der Waals surface area contributed by atoms with Gasteiger partial charge in [0.1, 0.15) is 5.75 Å². The largest absolute Gasteiger partial charge is 0.496 e. The molecule has 1 N–H and O–H groups in total. The second-order valence-electron chi connectivity index (χ2n) is 6.12. The third-order valence-corrected chi connectivity index (χ3v) is 7.19. The molecule has 2 nitrogen and oxygen atoms in total. The van der Waals surface area contributed by atoms with Crippen molar-refractivity contribution < 1.29 is 4.74 Å². The Balaban J connectivity index is 1.90. The number of thiophene rings is 1. The normalized spacial score (nSPS) is 11.7. The predicted molar refractivity (Wildman–Crippen MR) is 116 cm³/mol. The fourth-order valence-electron chi connectivity index (χ4n) is 3.50. The monoisotopic (exact) mass is 441 g/mol. The molecular weight excluding hydrogens is 430 g/mol. The van der Waals surface area contributed by atoms with Crippen LogP contribution in [0.3, 0.4) is 0 Å². The van der Waals surface area contributed by atoms with Gasteiger partial charge in [-0.1, -0.05) is 35.9 Å². The number of aromatic amines is 1. The fourth-order valence-corrected chi connectivity index (χ4v) is 5.83. The molecule has 0 aliphatic heterocycles. The van der Waals surface area contributed by atoms with Crippen LogP contribution in [0.2, 0.25) is 5.02 Å². The topological polar surface area (TPSA) is 25.0 Å². The Labute approximate surface area is 167 Å². The zero-order valence-corrected chi connectivity index (χ0v) is 16.9. The summed E-state index contributed by atoms with van der Waals surface area (Å²) in [5.74, 6) is 0.876. The number of hydrogen-bond donors (Lipinski definition) is 1. The summed E-state index contributed by atoms with van der Waals surface area (Å²) in [6, 6.07) is 18.5. The van der Waals surface area contributed by atoms with Gasteiger partial charge in [0.2, 0.25) is 0 Å². The van der Waals surface area contributed by atoms with Crippen molar-refractivity contribution in [1.29, 1.82) is 0 Å². The summed E-state index contributed by atoms with van der Waals surface area (Å²) in [4.78, 5) is 4.76. The molecule has 0 bridgehead atoms. The first-order valence-electron chi connectivity index (χ1n) is 8.12. The highest BCUT2D eigenvalue weighted by atomic mass is 79.9. The molecule has 0 aliphatic carbocycles. The first-order chi connectivity index (χ1) is 12.7. The van der Waals surface area contributed by atoms with Crippen molar-refractivity contribution >= 4 is 70.8 Å². The van der Waals surface area contributed by atoms with Crippen molar-refractivity contribution in [3.8, 4) is 16.2 Å². The molecule has 0 amide bonds. The Morgan fingerprint density at radius 3 is 2.73 bits per heavy atom. The maximum atomic E-state index is 6.18. The van der Waals surface area contributed by atoms with E-state index in [1.165, 1.54) is 20.3 Å². The van der Waals surface area contributed by atoms with Crippen molar-refractivity contribution in [3.05, 3.63) is 64.1 Å². The quantitative estimate of drug-likeness (QED) is 0.299. The van der Waals surface area contributed by atoms with Crippen LogP contribution < -0.4 is 4.74 Å². The lowest BCUT2D eigenvalue weighted by Crippen LogP contribution is -1.85. The Kier molecular flexibility index (Phi) is 3.74. The van der Waals surface area contributed by atoms with E-state index >= 15 is 0 Å². The minimum atomic E-state index is 0.753. The first-order valence-corrected chi connectivity index (χ1v) is 10.1. The number of para-hydroxylation sites is 1. The average molecular weight is 443 g/mol.